The van der Waals surface area contributed by atoms with Crippen LogP contribution in [0.2, 0.25) is 0 Å². The van der Waals surface area contributed by atoms with Crippen molar-refractivity contribution in [1.29, 1.82) is 0 Å². The maximum absolute atomic E-state index is 11.6. The molecule has 0 spiro atoms. The summed E-state index contributed by atoms with van der Waals surface area (Å²) in [5, 5.41) is 15.1. The third kappa shape index (κ3) is 2.16. The zero-order valence-corrected chi connectivity index (χ0v) is 9.44. The van der Waals surface area contributed by atoms with Crippen LogP contribution in [-0.4, -0.2) is 39.3 Å². The molecule has 0 aromatic carbocycles. The molecule has 0 aromatic rings. The highest BCUT2D eigenvalue weighted by Crippen LogP contribution is 2.29. The number of carbonyl (C=O) groups is 1. The second-order valence-electron chi connectivity index (χ2n) is 4.30. The Morgan fingerprint density at radius 3 is 2.87 bits per heavy atom. The molecule has 0 saturated heterocycles. The number of hydrazone groups is 1. The summed E-state index contributed by atoms with van der Waals surface area (Å²) in [4.78, 5) is 11.6. The Kier molecular flexibility index (Phi) is 2.98. The van der Waals surface area contributed by atoms with Crippen LogP contribution < -0.4 is 0 Å². The summed E-state index contributed by atoms with van der Waals surface area (Å²) in [6.45, 7) is 1.83. The normalized spacial score (nSPS) is 37.0. The van der Waals surface area contributed by atoms with E-state index in [2.05, 4.69) is 5.10 Å². The molecule has 1 fully saturated rings. The standard InChI is InChI=1S/C10H15ClN2O2/c1-6-4-10(15)13(12-6)9-5-7(14)2-3-8(9)11/h7-9,14H,2-5H2,1H3. The first-order valence-corrected chi connectivity index (χ1v) is 5.70. The number of alkyl halides is 1. The van der Waals surface area contributed by atoms with Crippen LogP contribution in [0.4, 0.5) is 0 Å². The molecule has 2 rings (SSSR count). The Bertz CT molecular complexity index is 306. The molecule has 84 valence electrons. The minimum absolute atomic E-state index is 0.00255. The molecule has 0 bridgehead atoms. The van der Waals surface area contributed by atoms with E-state index in [4.69, 9.17) is 11.6 Å². The molecule has 1 saturated carbocycles. The highest BCUT2D eigenvalue weighted by Gasteiger charge is 2.37. The second-order valence-corrected chi connectivity index (χ2v) is 4.86. The average molecular weight is 231 g/mol. The number of amides is 1. The lowest BCUT2D eigenvalue weighted by molar-refractivity contribution is -0.132. The van der Waals surface area contributed by atoms with Crippen molar-refractivity contribution in [2.45, 2.75) is 50.1 Å². The lowest BCUT2D eigenvalue weighted by atomic mass is 9.92. The van der Waals surface area contributed by atoms with Gasteiger partial charge in [-0.25, -0.2) is 5.01 Å². The number of halogens is 1. The number of rotatable bonds is 1. The Hall–Kier alpha value is -0.610. The molecule has 1 amide bonds. The van der Waals surface area contributed by atoms with Gasteiger partial charge in [0, 0.05) is 5.71 Å². The maximum atomic E-state index is 11.6. The quantitative estimate of drug-likeness (QED) is 0.687. The molecule has 3 atom stereocenters. The number of hydrogen-bond donors (Lipinski definition) is 1. The zero-order chi connectivity index (χ0) is 11.0. The van der Waals surface area contributed by atoms with E-state index >= 15 is 0 Å². The molecule has 1 heterocycles. The molecule has 0 aromatic heterocycles. The third-order valence-electron chi connectivity index (χ3n) is 2.96. The van der Waals surface area contributed by atoms with Crippen molar-refractivity contribution >= 4 is 23.2 Å². The van der Waals surface area contributed by atoms with Crippen molar-refractivity contribution in [2.24, 2.45) is 5.10 Å². The van der Waals surface area contributed by atoms with Gasteiger partial charge in [-0.15, -0.1) is 11.6 Å². The van der Waals surface area contributed by atoms with E-state index in [1.807, 2.05) is 6.92 Å². The van der Waals surface area contributed by atoms with Crippen molar-refractivity contribution in [1.82, 2.24) is 5.01 Å². The first kappa shape index (κ1) is 10.9. The fourth-order valence-corrected chi connectivity index (χ4v) is 2.51. The Morgan fingerprint density at radius 2 is 2.27 bits per heavy atom. The number of aliphatic hydroxyl groups excluding tert-OH is 1. The van der Waals surface area contributed by atoms with E-state index in [0.29, 0.717) is 12.8 Å². The van der Waals surface area contributed by atoms with Crippen molar-refractivity contribution in [2.75, 3.05) is 0 Å². The Morgan fingerprint density at radius 1 is 1.53 bits per heavy atom. The van der Waals surface area contributed by atoms with Gasteiger partial charge in [0.2, 0.25) is 5.91 Å². The molecule has 15 heavy (non-hydrogen) atoms. The summed E-state index contributed by atoms with van der Waals surface area (Å²) in [6.07, 6.45) is 2.03. The predicted molar refractivity (Wildman–Crippen MR) is 57.9 cm³/mol. The second kappa shape index (κ2) is 4.10. The van der Waals surface area contributed by atoms with Crippen LogP contribution in [0, 0.1) is 0 Å². The molecule has 1 aliphatic carbocycles. The SMILES string of the molecule is CC1=NN(C2CC(O)CCC2Cl)C(=O)C1. The number of nitrogens with zero attached hydrogens (tertiary/aromatic N) is 2. The van der Waals surface area contributed by atoms with Gasteiger partial charge in [-0.2, -0.15) is 5.10 Å². The predicted octanol–water partition coefficient (Wildman–Crippen LogP) is 1.12. The summed E-state index contributed by atoms with van der Waals surface area (Å²) < 4.78 is 0. The van der Waals surface area contributed by atoms with E-state index in [9.17, 15) is 9.90 Å². The monoisotopic (exact) mass is 230 g/mol. The first-order chi connectivity index (χ1) is 7.08. The molecular formula is C10H15ClN2O2. The minimum atomic E-state index is -0.353. The van der Waals surface area contributed by atoms with Crippen LogP contribution >= 0.6 is 11.6 Å². The van der Waals surface area contributed by atoms with Crippen LogP contribution in [0.25, 0.3) is 0 Å². The summed E-state index contributed by atoms with van der Waals surface area (Å²) in [6, 6.07) is -0.139. The van der Waals surface area contributed by atoms with E-state index in [-0.39, 0.29) is 23.4 Å². The van der Waals surface area contributed by atoms with Gasteiger partial charge in [-0.3, -0.25) is 4.79 Å². The molecule has 2 aliphatic rings. The lowest BCUT2D eigenvalue weighted by Gasteiger charge is -2.34. The van der Waals surface area contributed by atoms with E-state index in [1.165, 1.54) is 5.01 Å². The number of hydrogen-bond acceptors (Lipinski definition) is 3. The van der Waals surface area contributed by atoms with E-state index < -0.39 is 0 Å². The minimum Gasteiger partial charge on any atom is -0.393 e. The largest absolute Gasteiger partial charge is 0.393 e. The molecule has 1 aliphatic heterocycles. The molecular weight excluding hydrogens is 216 g/mol. The third-order valence-corrected chi connectivity index (χ3v) is 3.47. The first-order valence-electron chi connectivity index (χ1n) is 5.26. The molecule has 5 heteroatoms. The van der Waals surface area contributed by atoms with Crippen LogP contribution in [0.3, 0.4) is 0 Å². The van der Waals surface area contributed by atoms with Crippen LogP contribution in [0.1, 0.15) is 32.6 Å². The van der Waals surface area contributed by atoms with Gasteiger partial charge in [-0.1, -0.05) is 0 Å². The average Bonchev–Trinajstić information content (AvgIpc) is 2.50. The van der Waals surface area contributed by atoms with Gasteiger partial charge < -0.3 is 5.11 Å². The van der Waals surface area contributed by atoms with E-state index in [0.717, 1.165) is 18.6 Å². The van der Waals surface area contributed by atoms with Gasteiger partial charge in [0.15, 0.2) is 0 Å². The van der Waals surface area contributed by atoms with Crippen LogP contribution in [0.15, 0.2) is 5.10 Å². The number of carbonyl (C=O) groups excluding carboxylic acids is 1. The summed E-state index contributed by atoms with van der Waals surface area (Å²) in [7, 11) is 0. The fraction of sp³-hybridized carbons (Fsp3) is 0.800. The smallest absolute Gasteiger partial charge is 0.248 e. The highest BCUT2D eigenvalue weighted by atomic mass is 35.5. The molecule has 1 N–H and O–H groups in total. The molecule has 3 unspecified atom stereocenters. The topological polar surface area (TPSA) is 52.9 Å². The highest BCUT2D eigenvalue weighted by molar-refractivity contribution is 6.21. The molecule has 4 nitrogen and oxygen atoms in total. The summed E-state index contributed by atoms with van der Waals surface area (Å²) in [5.41, 5.74) is 0.823. The van der Waals surface area contributed by atoms with Gasteiger partial charge >= 0.3 is 0 Å². The van der Waals surface area contributed by atoms with E-state index in [1.54, 1.807) is 0 Å². The molecule has 0 radical (unpaired) electrons. The van der Waals surface area contributed by atoms with Gasteiger partial charge in [-0.05, 0) is 26.2 Å². The Balaban J connectivity index is 2.11. The lowest BCUT2D eigenvalue weighted by Crippen LogP contribution is -2.45. The van der Waals surface area contributed by atoms with Gasteiger partial charge in [0.1, 0.15) is 0 Å². The zero-order valence-electron chi connectivity index (χ0n) is 8.69. The summed E-state index contributed by atoms with van der Waals surface area (Å²) >= 11 is 6.17. The van der Waals surface area contributed by atoms with Gasteiger partial charge in [0.05, 0.1) is 23.9 Å². The van der Waals surface area contributed by atoms with Crippen LogP contribution in [0.5, 0.6) is 0 Å². The number of aliphatic hydroxyl groups is 1. The van der Waals surface area contributed by atoms with Gasteiger partial charge in [0.25, 0.3) is 0 Å². The summed E-state index contributed by atoms with van der Waals surface area (Å²) in [5.74, 6) is -0.00255. The van der Waals surface area contributed by atoms with Crippen molar-refractivity contribution in [3.8, 4) is 0 Å². The maximum Gasteiger partial charge on any atom is 0.248 e. The Labute approximate surface area is 93.9 Å². The fourth-order valence-electron chi connectivity index (χ4n) is 2.18. The van der Waals surface area contributed by atoms with Crippen molar-refractivity contribution in [3.05, 3.63) is 0 Å². The van der Waals surface area contributed by atoms with Crippen molar-refractivity contribution < 1.29 is 9.90 Å². The van der Waals surface area contributed by atoms with Crippen molar-refractivity contribution in [3.63, 3.8) is 0 Å². The van der Waals surface area contributed by atoms with Crippen LogP contribution in [-0.2, 0) is 4.79 Å².